The molecule has 0 saturated carbocycles. The van der Waals surface area contributed by atoms with Gasteiger partial charge in [0.25, 0.3) is 5.91 Å². The van der Waals surface area contributed by atoms with E-state index >= 15 is 0 Å². The lowest BCUT2D eigenvalue weighted by atomic mass is 9.87. The molecule has 1 amide bonds. The van der Waals surface area contributed by atoms with Gasteiger partial charge in [0, 0.05) is 23.4 Å². The molecule has 34 heavy (non-hydrogen) atoms. The van der Waals surface area contributed by atoms with Gasteiger partial charge in [0.15, 0.2) is 0 Å². The quantitative estimate of drug-likeness (QED) is 0.464. The van der Waals surface area contributed by atoms with Gasteiger partial charge in [-0.15, -0.1) is 0 Å². The Kier molecular flexibility index (Phi) is 6.43. The van der Waals surface area contributed by atoms with E-state index in [0.717, 1.165) is 35.1 Å². The van der Waals surface area contributed by atoms with Crippen LogP contribution in [-0.4, -0.2) is 31.8 Å². The Bertz CT molecular complexity index is 1210. The number of carbonyl (C=O) groups excluding carboxylic acids is 1. The monoisotopic (exact) mass is 468 g/mol. The van der Waals surface area contributed by atoms with Gasteiger partial charge in [-0.3, -0.25) is 9.78 Å². The van der Waals surface area contributed by atoms with Crippen LogP contribution in [0.3, 0.4) is 0 Å². The van der Waals surface area contributed by atoms with Crippen LogP contribution in [0.5, 0.6) is 0 Å². The van der Waals surface area contributed by atoms with Crippen LogP contribution < -0.4 is 0 Å². The van der Waals surface area contributed by atoms with Gasteiger partial charge in [-0.25, -0.2) is 9.97 Å². The highest BCUT2D eigenvalue weighted by Gasteiger charge is 2.40. The summed E-state index contributed by atoms with van der Waals surface area (Å²) in [5, 5.41) is 0. The first-order valence-corrected chi connectivity index (χ1v) is 11.4. The number of carbonyl (C=O) groups is 1. The summed E-state index contributed by atoms with van der Waals surface area (Å²) in [5.74, 6) is 0.152. The number of pyridine rings is 1. The Morgan fingerprint density at radius 2 is 1.88 bits per heavy atom. The highest BCUT2D eigenvalue weighted by molar-refractivity contribution is 5.96. The first kappa shape index (κ1) is 23.9. The zero-order valence-electron chi connectivity index (χ0n) is 19.6. The van der Waals surface area contributed by atoms with E-state index in [1.807, 2.05) is 32.0 Å². The molecule has 2 atom stereocenters. The summed E-state index contributed by atoms with van der Waals surface area (Å²) >= 11 is 0. The number of alkyl halides is 3. The molecule has 1 aliphatic heterocycles. The van der Waals surface area contributed by atoms with Crippen molar-refractivity contribution in [1.82, 2.24) is 19.9 Å². The fourth-order valence-corrected chi connectivity index (χ4v) is 4.89. The standard InChI is InChI=1S/C26H27F3N4O/c1-5-9-18-14-20-23(31-17(4)32-24(20)22-12-6-7-13-30-22)16(3)33(18)25(34)19-10-8-11-21(15(19)2)26(27,28)29/h6-8,10-13,16,18H,5,9,14H2,1-4H3/t16-,18-/m1/s1. The third kappa shape index (κ3) is 4.29. The third-order valence-corrected chi connectivity index (χ3v) is 6.43. The van der Waals surface area contributed by atoms with Crippen molar-refractivity contribution in [2.24, 2.45) is 0 Å². The second-order valence-electron chi connectivity index (χ2n) is 8.71. The molecule has 5 nitrogen and oxygen atoms in total. The molecule has 1 aromatic carbocycles. The second-order valence-corrected chi connectivity index (χ2v) is 8.71. The van der Waals surface area contributed by atoms with Gasteiger partial charge in [0.1, 0.15) is 5.82 Å². The topological polar surface area (TPSA) is 59.0 Å². The van der Waals surface area contributed by atoms with E-state index < -0.39 is 23.7 Å². The van der Waals surface area contributed by atoms with Crippen molar-refractivity contribution in [1.29, 1.82) is 0 Å². The summed E-state index contributed by atoms with van der Waals surface area (Å²) in [4.78, 5) is 29.3. The van der Waals surface area contributed by atoms with Gasteiger partial charge >= 0.3 is 6.18 Å². The normalized spacial score (nSPS) is 18.0. The lowest BCUT2D eigenvalue weighted by molar-refractivity contribution is -0.138. The van der Waals surface area contributed by atoms with Crippen molar-refractivity contribution in [2.45, 2.75) is 65.2 Å². The van der Waals surface area contributed by atoms with Gasteiger partial charge in [0.2, 0.25) is 0 Å². The number of rotatable bonds is 4. The van der Waals surface area contributed by atoms with Crippen molar-refractivity contribution in [3.05, 3.63) is 76.4 Å². The van der Waals surface area contributed by atoms with Crippen molar-refractivity contribution >= 4 is 5.91 Å². The number of halogens is 3. The number of nitrogens with zero attached hydrogens (tertiary/aromatic N) is 4. The molecule has 178 valence electrons. The smallest absolute Gasteiger partial charge is 0.327 e. The molecule has 0 bridgehead atoms. The molecule has 0 saturated heterocycles. The van der Waals surface area contributed by atoms with Crippen LogP contribution in [0.15, 0.2) is 42.6 Å². The Morgan fingerprint density at radius 3 is 2.53 bits per heavy atom. The van der Waals surface area contributed by atoms with Gasteiger partial charge < -0.3 is 4.90 Å². The van der Waals surface area contributed by atoms with Crippen LogP contribution in [0.1, 0.15) is 71.3 Å². The zero-order valence-corrected chi connectivity index (χ0v) is 19.6. The number of aromatic nitrogens is 3. The molecule has 0 aliphatic carbocycles. The van der Waals surface area contributed by atoms with Gasteiger partial charge in [-0.2, -0.15) is 13.2 Å². The van der Waals surface area contributed by atoms with E-state index in [-0.39, 0.29) is 17.2 Å². The lowest BCUT2D eigenvalue weighted by Gasteiger charge is -2.42. The maximum atomic E-state index is 13.7. The summed E-state index contributed by atoms with van der Waals surface area (Å²) in [6, 6.07) is 8.80. The number of amides is 1. The van der Waals surface area contributed by atoms with Crippen LogP contribution >= 0.6 is 0 Å². The first-order valence-electron chi connectivity index (χ1n) is 11.4. The number of hydrogen-bond acceptors (Lipinski definition) is 4. The molecule has 8 heteroatoms. The van der Waals surface area contributed by atoms with Crippen LogP contribution in [-0.2, 0) is 12.6 Å². The fraction of sp³-hybridized carbons (Fsp3) is 0.385. The van der Waals surface area contributed by atoms with Crippen LogP contribution in [0.4, 0.5) is 13.2 Å². The minimum atomic E-state index is -4.52. The molecule has 0 radical (unpaired) electrons. The van der Waals surface area contributed by atoms with E-state index in [1.54, 1.807) is 18.0 Å². The van der Waals surface area contributed by atoms with E-state index in [1.165, 1.54) is 19.1 Å². The average Bonchev–Trinajstić information content (AvgIpc) is 2.79. The molecule has 0 spiro atoms. The van der Waals surface area contributed by atoms with Crippen molar-refractivity contribution in [3.63, 3.8) is 0 Å². The Labute approximate surface area is 197 Å². The Morgan fingerprint density at radius 1 is 1.12 bits per heavy atom. The van der Waals surface area contributed by atoms with Crippen molar-refractivity contribution in [2.75, 3.05) is 0 Å². The number of benzene rings is 1. The van der Waals surface area contributed by atoms with Crippen LogP contribution in [0, 0.1) is 13.8 Å². The van der Waals surface area contributed by atoms with Crippen LogP contribution in [0.2, 0.25) is 0 Å². The minimum absolute atomic E-state index is 0.0544. The predicted molar refractivity (Wildman–Crippen MR) is 123 cm³/mol. The van der Waals surface area contributed by atoms with Crippen LogP contribution in [0.25, 0.3) is 11.4 Å². The molecule has 2 aromatic heterocycles. The largest absolute Gasteiger partial charge is 0.416 e. The summed E-state index contributed by atoms with van der Waals surface area (Å²) in [7, 11) is 0. The zero-order chi connectivity index (χ0) is 24.6. The molecular weight excluding hydrogens is 441 g/mol. The SMILES string of the molecule is CCC[C@@H]1Cc2c(-c3ccccn3)nc(C)nc2[C@@H](C)N1C(=O)c1cccc(C(F)(F)F)c1C. The van der Waals surface area contributed by atoms with E-state index in [2.05, 4.69) is 15.0 Å². The molecule has 3 aromatic rings. The highest BCUT2D eigenvalue weighted by atomic mass is 19.4. The fourth-order valence-electron chi connectivity index (χ4n) is 4.89. The Hall–Kier alpha value is -3.29. The van der Waals surface area contributed by atoms with Crippen molar-refractivity contribution in [3.8, 4) is 11.4 Å². The molecule has 0 fully saturated rings. The minimum Gasteiger partial charge on any atom is -0.327 e. The average molecular weight is 469 g/mol. The lowest BCUT2D eigenvalue weighted by Crippen LogP contribution is -2.47. The summed E-state index contributed by atoms with van der Waals surface area (Å²) in [6.07, 6.45) is -0.761. The maximum absolute atomic E-state index is 13.7. The van der Waals surface area contributed by atoms with Gasteiger partial charge in [0.05, 0.1) is 28.7 Å². The van der Waals surface area contributed by atoms with E-state index in [4.69, 9.17) is 0 Å². The molecule has 4 rings (SSSR count). The molecular formula is C26H27F3N4O. The molecule has 0 unspecified atom stereocenters. The van der Waals surface area contributed by atoms with Crippen molar-refractivity contribution < 1.29 is 18.0 Å². The molecule has 3 heterocycles. The summed E-state index contributed by atoms with van der Waals surface area (Å²) in [5.41, 5.74) is 2.38. The van der Waals surface area contributed by atoms with Gasteiger partial charge in [-0.1, -0.05) is 25.5 Å². The first-order chi connectivity index (χ1) is 16.1. The maximum Gasteiger partial charge on any atom is 0.416 e. The second kappa shape index (κ2) is 9.16. The van der Waals surface area contributed by atoms with E-state index in [9.17, 15) is 18.0 Å². The molecule has 1 aliphatic rings. The predicted octanol–water partition coefficient (Wildman–Crippen LogP) is 6.10. The van der Waals surface area contributed by atoms with Gasteiger partial charge in [-0.05, 0) is 63.4 Å². The Balaban J connectivity index is 1.83. The number of aryl methyl sites for hydroxylation is 1. The van der Waals surface area contributed by atoms with E-state index in [0.29, 0.717) is 18.7 Å². The summed E-state index contributed by atoms with van der Waals surface area (Å²) < 4.78 is 40.5. The number of fused-ring (bicyclic) bond motifs is 1. The molecule has 0 N–H and O–H groups in total. The number of hydrogen-bond donors (Lipinski definition) is 0. The summed E-state index contributed by atoms with van der Waals surface area (Å²) in [6.45, 7) is 7.07. The highest BCUT2D eigenvalue weighted by Crippen LogP contribution is 2.39. The third-order valence-electron chi connectivity index (χ3n) is 6.43.